The Hall–Kier alpha value is -3.17. The number of ether oxygens (including phenoxy) is 3. The molecular weight excluding hydrogens is 348 g/mol. The van der Waals surface area contributed by atoms with Crippen LogP contribution in [0.4, 0.5) is 5.69 Å². The van der Waals surface area contributed by atoms with Gasteiger partial charge < -0.3 is 19.1 Å². The monoisotopic (exact) mass is 366 g/mol. The van der Waals surface area contributed by atoms with E-state index in [1.54, 1.807) is 6.92 Å². The number of amides is 1. The number of benzene rings is 1. The predicted octanol–water partition coefficient (Wildman–Crippen LogP) is 0.703. The molecule has 2 rings (SSSR count). The van der Waals surface area contributed by atoms with Crippen molar-refractivity contribution < 1.29 is 33.5 Å². The van der Waals surface area contributed by atoms with Crippen molar-refractivity contribution in [3.05, 3.63) is 27.8 Å². The lowest BCUT2D eigenvalue weighted by atomic mass is 10.1. The molecule has 0 saturated carbocycles. The lowest BCUT2D eigenvalue weighted by molar-refractivity contribution is -0.385. The van der Waals surface area contributed by atoms with Crippen LogP contribution in [0.1, 0.15) is 12.5 Å². The molecule has 1 amide bonds. The molecule has 1 aliphatic rings. The number of carbonyl (C=O) groups is 3. The van der Waals surface area contributed by atoms with E-state index < -0.39 is 28.5 Å². The number of Topliss-reactive ketones (excluding diaryl/α,β-unsaturated/α-hetero) is 1. The van der Waals surface area contributed by atoms with Crippen LogP contribution < -0.4 is 9.47 Å². The Morgan fingerprint density at radius 3 is 2.42 bits per heavy atom. The summed E-state index contributed by atoms with van der Waals surface area (Å²) in [7, 11) is 2.71. The minimum atomic E-state index is -1.22. The van der Waals surface area contributed by atoms with Crippen LogP contribution in [-0.4, -0.2) is 54.9 Å². The SMILES string of the molecule is CCOC(=O)[C@@H]1CN(Cc2cc(OC)c(OC)cc2[N+](=O)[O-])C(=O)C1=O. The molecule has 0 radical (unpaired) electrons. The third-order valence-electron chi connectivity index (χ3n) is 3.93. The Labute approximate surface area is 148 Å². The molecule has 0 unspecified atom stereocenters. The molecule has 26 heavy (non-hydrogen) atoms. The van der Waals surface area contributed by atoms with E-state index in [4.69, 9.17) is 14.2 Å². The van der Waals surface area contributed by atoms with Crippen molar-refractivity contribution in [2.24, 2.45) is 5.92 Å². The van der Waals surface area contributed by atoms with Crippen molar-refractivity contribution in [3.8, 4) is 11.5 Å². The predicted molar refractivity (Wildman–Crippen MR) is 86.7 cm³/mol. The number of nitro groups is 1. The molecule has 0 aromatic heterocycles. The van der Waals surface area contributed by atoms with Gasteiger partial charge in [0.05, 0.1) is 43.9 Å². The van der Waals surface area contributed by atoms with Crippen LogP contribution in [0.3, 0.4) is 0 Å². The molecule has 1 saturated heterocycles. The maximum Gasteiger partial charge on any atom is 0.318 e. The van der Waals surface area contributed by atoms with Gasteiger partial charge in [-0.05, 0) is 13.0 Å². The van der Waals surface area contributed by atoms with E-state index in [2.05, 4.69) is 0 Å². The smallest absolute Gasteiger partial charge is 0.318 e. The fraction of sp³-hybridized carbons (Fsp3) is 0.438. The van der Waals surface area contributed by atoms with E-state index in [0.717, 1.165) is 4.90 Å². The number of carbonyl (C=O) groups excluding carboxylic acids is 3. The fourth-order valence-electron chi connectivity index (χ4n) is 2.66. The molecule has 0 bridgehead atoms. The van der Waals surface area contributed by atoms with Gasteiger partial charge in [-0.3, -0.25) is 24.5 Å². The highest BCUT2D eigenvalue weighted by Gasteiger charge is 2.44. The van der Waals surface area contributed by atoms with Crippen LogP contribution >= 0.6 is 0 Å². The number of ketones is 1. The number of nitro benzene ring substituents is 1. The zero-order chi connectivity index (χ0) is 19.4. The molecule has 1 heterocycles. The molecule has 10 nitrogen and oxygen atoms in total. The summed E-state index contributed by atoms with van der Waals surface area (Å²) in [6, 6.07) is 2.55. The molecule has 10 heteroatoms. The van der Waals surface area contributed by atoms with Crippen molar-refractivity contribution in [2.75, 3.05) is 27.4 Å². The number of nitrogens with zero attached hydrogens (tertiary/aromatic N) is 2. The van der Waals surface area contributed by atoms with E-state index in [1.165, 1.54) is 26.4 Å². The van der Waals surface area contributed by atoms with Crippen LogP contribution in [0.15, 0.2) is 12.1 Å². The van der Waals surface area contributed by atoms with Gasteiger partial charge in [0.1, 0.15) is 5.92 Å². The zero-order valence-corrected chi connectivity index (χ0v) is 14.5. The summed E-state index contributed by atoms with van der Waals surface area (Å²) in [4.78, 5) is 47.7. The van der Waals surface area contributed by atoms with Crippen LogP contribution in [0.2, 0.25) is 0 Å². The Bertz CT molecular complexity index is 761. The molecule has 0 N–H and O–H groups in total. The number of hydrogen-bond acceptors (Lipinski definition) is 8. The third kappa shape index (κ3) is 3.58. The normalized spacial score (nSPS) is 16.6. The Balaban J connectivity index is 2.33. The lowest BCUT2D eigenvalue weighted by Crippen LogP contribution is -2.27. The maximum absolute atomic E-state index is 12.1. The molecular formula is C16H18N2O8. The van der Waals surface area contributed by atoms with E-state index >= 15 is 0 Å². The van der Waals surface area contributed by atoms with Gasteiger partial charge in [0.2, 0.25) is 5.78 Å². The van der Waals surface area contributed by atoms with E-state index in [9.17, 15) is 24.5 Å². The largest absolute Gasteiger partial charge is 0.493 e. The van der Waals surface area contributed by atoms with Gasteiger partial charge in [0.25, 0.3) is 11.6 Å². The van der Waals surface area contributed by atoms with Gasteiger partial charge in [-0.25, -0.2) is 0 Å². The van der Waals surface area contributed by atoms with E-state index in [-0.39, 0.29) is 42.4 Å². The number of likely N-dealkylation sites (tertiary alicyclic amines) is 1. The highest BCUT2D eigenvalue weighted by atomic mass is 16.6. The standard InChI is InChI=1S/C16H18N2O8/c1-4-26-16(21)10-8-17(15(20)14(10)19)7-9-5-12(24-2)13(25-3)6-11(9)18(22)23/h5-6,10H,4,7-8H2,1-3H3/t10-/m1/s1. The first-order valence-electron chi connectivity index (χ1n) is 7.73. The number of esters is 1. The van der Waals surface area contributed by atoms with Gasteiger partial charge in [-0.15, -0.1) is 0 Å². The summed E-state index contributed by atoms with van der Waals surface area (Å²) in [6.07, 6.45) is 0. The second-order valence-electron chi connectivity index (χ2n) is 5.45. The maximum atomic E-state index is 12.1. The number of rotatable bonds is 7. The summed E-state index contributed by atoms with van der Waals surface area (Å²) in [5.41, 5.74) is -0.138. The van der Waals surface area contributed by atoms with Gasteiger partial charge in [0.15, 0.2) is 11.5 Å². The van der Waals surface area contributed by atoms with Crippen LogP contribution in [0.5, 0.6) is 11.5 Å². The average Bonchev–Trinajstić information content (AvgIpc) is 2.89. The van der Waals surface area contributed by atoms with E-state index in [0.29, 0.717) is 0 Å². The Kier molecular flexibility index (Phi) is 5.75. The number of hydrogen-bond donors (Lipinski definition) is 0. The van der Waals surface area contributed by atoms with Crippen molar-refractivity contribution >= 4 is 23.3 Å². The minimum Gasteiger partial charge on any atom is -0.493 e. The average molecular weight is 366 g/mol. The summed E-state index contributed by atoms with van der Waals surface area (Å²) < 4.78 is 15.0. The fourth-order valence-corrected chi connectivity index (χ4v) is 2.66. The molecule has 1 aromatic carbocycles. The van der Waals surface area contributed by atoms with Crippen LogP contribution in [0.25, 0.3) is 0 Å². The first-order chi connectivity index (χ1) is 12.3. The quantitative estimate of drug-likeness (QED) is 0.227. The van der Waals surface area contributed by atoms with Gasteiger partial charge in [-0.2, -0.15) is 0 Å². The first-order valence-corrected chi connectivity index (χ1v) is 7.73. The van der Waals surface area contributed by atoms with Crippen molar-refractivity contribution in [2.45, 2.75) is 13.5 Å². The second kappa shape index (κ2) is 7.81. The Morgan fingerprint density at radius 1 is 1.27 bits per heavy atom. The van der Waals surface area contributed by atoms with Gasteiger partial charge >= 0.3 is 5.97 Å². The summed E-state index contributed by atoms with van der Waals surface area (Å²) >= 11 is 0. The highest BCUT2D eigenvalue weighted by molar-refractivity contribution is 6.42. The zero-order valence-electron chi connectivity index (χ0n) is 14.5. The molecule has 1 aromatic rings. The lowest BCUT2D eigenvalue weighted by Gasteiger charge is -2.17. The van der Waals surface area contributed by atoms with Gasteiger partial charge in [-0.1, -0.05) is 0 Å². The van der Waals surface area contributed by atoms with Crippen molar-refractivity contribution in [1.82, 2.24) is 4.90 Å². The topological polar surface area (TPSA) is 125 Å². The first kappa shape index (κ1) is 19.2. The Morgan fingerprint density at radius 2 is 1.88 bits per heavy atom. The van der Waals surface area contributed by atoms with Gasteiger partial charge in [0, 0.05) is 6.54 Å². The summed E-state index contributed by atoms with van der Waals surface area (Å²) in [5, 5.41) is 11.3. The van der Waals surface area contributed by atoms with Crippen LogP contribution in [-0.2, 0) is 25.7 Å². The number of methoxy groups -OCH3 is 2. The van der Waals surface area contributed by atoms with Crippen molar-refractivity contribution in [3.63, 3.8) is 0 Å². The highest BCUT2D eigenvalue weighted by Crippen LogP contribution is 2.35. The minimum absolute atomic E-state index is 0.0813. The van der Waals surface area contributed by atoms with E-state index in [1.807, 2.05) is 0 Å². The molecule has 1 aliphatic heterocycles. The summed E-state index contributed by atoms with van der Waals surface area (Å²) in [6.45, 7) is 1.25. The van der Waals surface area contributed by atoms with Crippen LogP contribution in [0, 0.1) is 16.0 Å². The molecule has 1 atom stereocenters. The third-order valence-corrected chi connectivity index (χ3v) is 3.93. The summed E-state index contributed by atoms with van der Waals surface area (Å²) in [5.74, 6) is -3.36. The molecule has 1 fully saturated rings. The molecule has 140 valence electrons. The molecule has 0 aliphatic carbocycles. The van der Waals surface area contributed by atoms with Crippen molar-refractivity contribution in [1.29, 1.82) is 0 Å². The molecule has 0 spiro atoms. The second-order valence-corrected chi connectivity index (χ2v) is 5.45.